The van der Waals surface area contributed by atoms with Gasteiger partial charge in [-0.2, -0.15) is 5.10 Å². The molecule has 0 fully saturated rings. The van der Waals surface area contributed by atoms with Crippen LogP contribution in [0.3, 0.4) is 0 Å². The lowest BCUT2D eigenvalue weighted by Gasteiger charge is -2.04. The molecule has 22 heavy (non-hydrogen) atoms. The van der Waals surface area contributed by atoms with Crippen LogP contribution in [0.4, 0.5) is 0 Å². The summed E-state index contributed by atoms with van der Waals surface area (Å²) in [6, 6.07) is 6.97. The number of aromatic amines is 1. The van der Waals surface area contributed by atoms with Gasteiger partial charge in [0.2, 0.25) is 0 Å². The standard InChI is InChI=1S/C15H18N4O3/c1-2-12-17-14(19-18-12)10-5-7-11(8-6-10)15(22)16-9-3-4-13(20)21/h5-8H,2-4,9H2,1H3,(H,16,22)(H,20,21)(H,17,18,19). The molecule has 0 bridgehead atoms. The monoisotopic (exact) mass is 302 g/mol. The van der Waals surface area contributed by atoms with Crippen molar-refractivity contribution in [3.63, 3.8) is 0 Å². The number of aryl methyl sites for hydroxylation is 1. The Morgan fingerprint density at radius 1 is 1.27 bits per heavy atom. The summed E-state index contributed by atoms with van der Waals surface area (Å²) in [5, 5.41) is 18.2. The molecule has 0 saturated heterocycles. The number of carboxylic acids is 1. The highest BCUT2D eigenvalue weighted by Gasteiger charge is 2.08. The Balaban J connectivity index is 1.93. The normalized spacial score (nSPS) is 10.4. The Labute approximate surface area is 127 Å². The summed E-state index contributed by atoms with van der Waals surface area (Å²) >= 11 is 0. The van der Waals surface area contributed by atoms with Gasteiger partial charge in [-0.1, -0.05) is 19.1 Å². The summed E-state index contributed by atoms with van der Waals surface area (Å²) in [5.74, 6) is 0.332. The first-order chi connectivity index (χ1) is 10.6. The Morgan fingerprint density at radius 2 is 2.00 bits per heavy atom. The predicted molar refractivity (Wildman–Crippen MR) is 80.4 cm³/mol. The molecule has 0 unspecified atom stereocenters. The van der Waals surface area contributed by atoms with E-state index >= 15 is 0 Å². The molecule has 3 N–H and O–H groups in total. The van der Waals surface area contributed by atoms with Crippen LogP contribution in [0.25, 0.3) is 11.4 Å². The van der Waals surface area contributed by atoms with Crippen molar-refractivity contribution >= 4 is 11.9 Å². The molecule has 7 nitrogen and oxygen atoms in total. The van der Waals surface area contributed by atoms with Crippen molar-refractivity contribution in [2.24, 2.45) is 0 Å². The van der Waals surface area contributed by atoms with E-state index in [0.29, 0.717) is 24.4 Å². The summed E-state index contributed by atoms with van der Waals surface area (Å²) in [4.78, 5) is 26.6. The van der Waals surface area contributed by atoms with Gasteiger partial charge in [0.1, 0.15) is 5.82 Å². The molecule has 0 aliphatic heterocycles. The van der Waals surface area contributed by atoms with Crippen LogP contribution in [0.15, 0.2) is 24.3 Å². The van der Waals surface area contributed by atoms with E-state index in [1.807, 2.05) is 6.92 Å². The number of rotatable bonds is 7. The van der Waals surface area contributed by atoms with E-state index < -0.39 is 5.97 Å². The molecular formula is C15H18N4O3. The molecule has 2 aromatic rings. The Morgan fingerprint density at radius 3 is 2.59 bits per heavy atom. The SMILES string of the molecule is CCc1nc(-c2ccc(C(=O)NCCCC(=O)O)cc2)n[nH]1. The van der Waals surface area contributed by atoms with Crippen LogP contribution >= 0.6 is 0 Å². The van der Waals surface area contributed by atoms with Crippen molar-refractivity contribution in [1.82, 2.24) is 20.5 Å². The van der Waals surface area contributed by atoms with Gasteiger partial charge in [-0.3, -0.25) is 14.7 Å². The molecule has 1 amide bonds. The minimum atomic E-state index is -0.864. The van der Waals surface area contributed by atoms with Gasteiger partial charge in [0.25, 0.3) is 5.91 Å². The Kier molecular flexibility index (Phi) is 5.24. The van der Waals surface area contributed by atoms with Crippen LogP contribution < -0.4 is 5.32 Å². The van der Waals surface area contributed by atoms with Crippen molar-refractivity contribution in [3.05, 3.63) is 35.7 Å². The first-order valence-corrected chi connectivity index (χ1v) is 7.12. The number of hydrogen-bond acceptors (Lipinski definition) is 4. The second kappa shape index (κ2) is 7.35. The molecule has 1 aromatic heterocycles. The number of carbonyl (C=O) groups is 2. The van der Waals surface area contributed by atoms with E-state index in [9.17, 15) is 9.59 Å². The van der Waals surface area contributed by atoms with Crippen LogP contribution in [-0.4, -0.2) is 38.7 Å². The first kappa shape index (κ1) is 15.7. The smallest absolute Gasteiger partial charge is 0.303 e. The number of carbonyl (C=O) groups excluding carboxylic acids is 1. The molecule has 2 rings (SSSR count). The fourth-order valence-corrected chi connectivity index (χ4v) is 1.90. The minimum Gasteiger partial charge on any atom is -0.481 e. The molecular weight excluding hydrogens is 284 g/mol. The fraction of sp³-hybridized carbons (Fsp3) is 0.333. The number of aromatic nitrogens is 3. The third kappa shape index (κ3) is 4.15. The summed E-state index contributed by atoms with van der Waals surface area (Å²) < 4.78 is 0. The molecule has 7 heteroatoms. The number of carboxylic acid groups (broad SMARTS) is 1. The summed E-state index contributed by atoms with van der Waals surface area (Å²) in [5.41, 5.74) is 1.35. The van der Waals surface area contributed by atoms with E-state index in [4.69, 9.17) is 5.11 Å². The van der Waals surface area contributed by atoms with E-state index in [-0.39, 0.29) is 12.3 Å². The van der Waals surface area contributed by atoms with Gasteiger partial charge in [-0.25, -0.2) is 4.98 Å². The van der Waals surface area contributed by atoms with Gasteiger partial charge in [0.15, 0.2) is 5.82 Å². The van der Waals surface area contributed by atoms with Gasteiger partial charge in [-0.15, -0.1) is 0 Å². The lowest BCUT2D eigenvalue weighted by molar-refractivity contribution is -0.137. The van der Waals surface area contributed by atoms with E-state index in [0.717, 1.165) is 17.8 Å². The Hall–Kier alpha value is -2.70. The number of benzene rings is 1. The van der Waals surface area contributed by atoms with Crippen LogP contribution in [-0.2, 0) is 11.2 Å². The van der Waals surface area contributed by atoms with Crippen molar-refractivity contribution in [3.8, 4) is 11.4 Å². The summed E-state index contributed by atoms with van der Waals surface area (Å²) in [6.45, 7) is 2.33. The predicted octanol–water partition coefficient (Wildman–Crippen LogP) is 1.63. The highest BCUT2D eigenvalue weighted by Crippen LogP contribution is 2.15. The van der Waals surface area contributed by atoms with E-state index in [1.165, 1.54) is 0 Å². The maximum atomic E-state index is 11.9. The molecule has 0 spiro atoms. The average Bonchev–Trinajstić information content (AvgIpc) is 3.00. The molecule has 0 aliphatic rings. The fourth-order valence-electron chi connectivity index (χ4n) is 1.90. The van der Waals surface area contributed by atoms with Gasteiger partial charge >= 0.3 is 5.97 Å². The van der Waals surface area contributed by atoms with Crippen LogP contribution in [0.5, 0.6) is 0 Å². The van der Waals surface area contributed by atoms with Crippen molar-refractivity contribution < 1.29 is 14.7 Å². The zero-order chi connectivity index (χ0) is 15.9. The van der Waals surface area contributed by atoms with Crippen LogP contribution in [0, 0.1) is 0 Å². The number of aliphatic carboxylic acids is 1. The topological polar surface area (TPSA) is 108 Å². The summed E-state index contributed by atoms with van der Waals surface area (Å²) in [6.07, 6.45) is 1.24. The van der Waals surface area contributed by atoms with E-state index in [2.05, 4.69) is 20.5 Å². The molecule has 1 aromatic carbocycles. The molecule has 0 atom stereocenters. The number of hydrogen-bond donors (Lipinski definition) is 3. The first-order valence-electron chi connectivity index (χ1n) is 7.12. The third-order valence-electron chi connectivity index (χ3n) is 3.12. The highest BCUT2D eigenvalue weighted by atomic mass is 16.4. The molecule has 0 saturated carbocycles. The number of H-pyrrole nitrogens is 1. The molecule has 0 aliphatic carbocycles. The minimum absolute atomic E-state index is 0.0454. The molecule has 116 valence electrons. The van der Waals surface area contributed by atoms with Crippen molar-refractivity contribution in [2.75, 3.05) is 6.54 Å². The van der Waals surface area contributed by atoms with E-state index in [1.54, 1.807) is 24.3 Å². The molecule has 1 heterocycles. The third-order valence-corrected chi connectivity index (χ3v) is 3.12. The quantitative estimate of drug-likeness (QED) is 0.674. The number of amides is 1. The van der Waals surface area contributed by atoms with Gasteiger partial charge < -0.3 is 10.4 Å². The number of nitrogens with one attached hydrogen (secondary N) is 2. The van der Waals surface area contributed by atoms with Crippen LogP contribution in [0.1, 0.15) is 35.9 Å². The van der Waals surface area contributed by atoms with Gasteiger partial charge in [0, 0.05) is 30.5 Å². The maximum absolute atomic E-state index is 11.9. The van der Waals surface area contributed by atoms with Gasteiger partial charge in [-0.05, 0) is 18.6 Å². The second-order valence-corrected chi connectivity index (χ2v) is 4.79. The lowest BCUT2D eigenvalue weighted by atomic mass is 10.1. The number of nitrogens with zero attached hydrogens (tertiary/aromatic N) is 2. The second-order valence-electron chi connectivity index (χ2n) is 4.79. The molecule has 0 radical (unpaired) electrons. The van der Waals surface area contributed by atoms with Crippen molar-refractivity contribution in [2.45, 2.75) is 26.2 Å². The largest absolute Gasteiger partial charge is 0.481 e. The Bertz CT molecular complexity index is 649. The van der Waals surface area contributed by atoms with Crippen LogP contribution in [0.2, 0.25) is 0 Å². The maximum Gasteiger partial charge on any atom is 0.303 e. The summed E-state index contributed by atoms with van der Waals surface area (Å²) in [7, 11) is 0. The van der Waals surface area contributed by atoms with Gasteiger partial charge in [0.05, 0.1) is 0 Å². The zero-order valence-corrected chi connectivity index (χ0v) is 12.3. The zero-order valence-electron chi connectivity index (χ0n) is 12.3. The average molecular weight is 302 g/mol. The van der Waals surface area contributed by atoms with Crippen molar-refractivity contribution in [1.29, 1.82) is 0 Å². The lowest BCUT2D eigenvalue weighted by Crippen LogP contribution is -2.24. The highest BCUT2D eigenvalue weighted by molar-refractivity contribution is 5.94.